The summed E-state index contributed by atoms with van der Waals surface area (Å²) in [5.41, 5.74) is 4.08. The Balaban J connectivity index is 1.64. The second-order valence-corrected chi connectivity index (χ2v) is 10.7. The molecule has 0 N–H and O–H groups in total. The van der Waals surface area contributed by atoms with Gasteiger partial charge in [-0.2, -0.15) is 0 Å². The predicted molar refractivity (Wildman–Crippen MR) is 120 cm³/mol. The van der Waals surface area contributed by atoms with Gasteiger partial charge in [0, 0.05) is 29.2 Å². The minimum Gasteiger partial charge on any atom is -0.355 e. The molecule has 2 heterocycles. The van der Waals surface area contributed by atoms with Gasteiger partial charge in [-0.3, -0.25) is 4.79 Å². The quantitative estimate of drug-likeness (QED) is 0.564. The number of aromatic nitrogens is 1. The van der Waals surface area contributed by atoms with Gasteiger partial charge in [-0.25, -0.2) is 8.42 Å². The molecule has 0 radical (unpaired) electrons. The van der Waals surface area contributed by atoms with Gasteiger partial charge in [0.15, 0.2) is 21.3 Å². The van der Waals surface area contributed by atoms with E-state index < -0.39 is 15.9 Å². The Labute approximate surface area is 186 Å². The average Bonchev–Trinajstić information content (AvgIpc) is 3.34. The Morgan fingerprint density at radius 1 is 1.16 bits per heavy atom. The molecule has 1 aliphatic heterocycles. The van der Waals surface area contributed by atoms with E-state index in [1.165, 1.54) is 0 Å². The van der Waals surface area contributed by atoms with Crippen LogP contribution in [0.3, 0.4) is 0 Å². The van der Waals surface area contributed by atoms with Crippen molar-refractivity contribution in [3.8, 4) is 11.3 Å². The van der Waals surface area contributed by atoms with E-state index in [-0.39, 0.29) is 29.7 Å². The summed E-state index contributed by atoms with van der Waals surface area (Å²) in [6, 6.07) is 14.3. The van der Waals surface area contributed by atoms with Crippen molar-refractivity contribution < 1.29 is 17.7 Å². The Hall–Kier alpha value is -2.64. The number of halogens is 1. The maximum Gasteiger partial charge on any atom is 0.276 e. The first-order valence-electron chi connectivity index (χ1n) is 10.0. The summed E-state index contributed by atoms with van der Waals surface area (Å²) in [5, 5.41) is 4.55. The minimum absolute atomic E-state index is 0.0544. The van der Waals surface area contributed by atoms with E-state index in [0.29, 0.717) is 17.2 Å². The number of hydrogen-bond donors (Lipinski definition) is 0. The van der Waals surface area contributed by atoms with Crippen LogP contribution in [-0.2, 0) is 16.4 Å². The Kier molecular flexibility index (Phi) is 5.90. The lowest BCUT2D eigenvalue weighted by atomic mass is 10.0. The highest BCUT2D eigenvalue weighted by atomic mass is 35.5. The van der Waals surface area contributed by atoms with Gasteiger partial charge < -0.3 is 9.42 Å². The molecule has 162 valence electrons. The second-order valence-electron chi connectivity index (χ2n) is 8.00. The molecule has 4 rings (SSSR count). The molecule has 0 saturated carbocycles. The molecular formula is C23H23ClN2O4S. The van der Waals surface area contributed by atoms with Gasteiger partial charge in [-0.15, -0.1) is 0 Å². The van der Waals surface area contributed by atoms with Gasteiger partial charge in [0.05, 0.1) is 11.5 Å². The number of rotatable bonds is 5. The van der Waals surface area contributed by atoms with Crippen LogP contribution in [0.1, 0.15) is 33.6 Å². The van der Waals surface area contributed by atoms with Crippen LogP contribution in [-0.4, -0.2) is 41.9 Å². The van der Waals surface area contributed by atoms with E-state index >= 15 is 0 Å². The van der Waals surface area contributed by atoms with Crippen molar-refractivity contribution in [2.24, 2.45) is 0 Å². The largest absolute Gasteiger partial charge is 0.355 e. The highest BCUT2D eigenvalue weighted by Gasteiger charge is 2.36. The number of carbonyl (C=O) groups is 1. The fourth-order valence-corrected chi connectivity index (χ4v) is 5.72. The summed E-state index contributed by atoms with van der Waals surface area (Å²) >= 11 is 6.10. The standard InChI is InChI=1S/C23H23ClN2O4S/c1-15-6-7-18(10-16(15)2)22-12-21(25-30-22)23(27)26(20-8-9-31(28,29)14-20)13-17-4-3-5-19(24)11-17/h3-7,10-12,20H,8-9,13-14H2,1-2H3/t20-/m0/s1. The molecule has 3 aromatic rings. The molecule has 1 fully saturated rings. The van der Waals surface area contributed by atoms with Crippen molar-refractivity contribution >= 4 is 27.3 Å². The zero-order valence-electron chi connectivity index (χ0n) is 17.3. The maximum atomic E-state index is 13.4. The van der Waals surface area contributed by atoms with Gasteiger partial charge in [0.2, 0.25) is 0 Å². The number of sulfone groups is 1. The van der Waals surface area contributed by atoms with Gasteiger partial charge in [-0.05, 0) is 55.2 Å². The first-order chi connectivity index (χ1) is 14.7. The van der Waals surface area contributed by atoms with Crippen LogP contribution in [0, 0.1) is 13.8 Å². The molecule has 0 spiro atoms. The number of aryl methyl sites for hydroxylation is 2. The molecule has 1 aromatic heterocycles. The molecule has 1 atom stereocenters. The summed E-state index contributed by atoms with van der Waals surface area (Å²) in [6.45, 7) is 4.28. The fraction of sp³-hybridized carbons (Fsp3) is 0.304. The van der Waals surface area contributed by atoms with Crippen LogP contribution >= 0.6 is 11.6 Å². The highest BCUT2D eigenvalue weighted by Crippen LogP contribution is 2.26. The van der Waals surface area contributed by atoms with Crippen LogP contribution in [0.15, 0.2) is 53.1 Å². The summed E-state index contributed by atoms with van der Waals surface area (Å²) in [4.78, 5) is 14.9. The number of amides is 1. The molecule has 1 amide bonds. The predicted octanol–water partition coefficient (Wildman–Crippen LogP) is 4.44. The van der Waals surface area contributed by atoms with E-state index in [2.05, 4.69) is 5.16 Å². The molecule has 1 saturated heterocycles. The molecule has 2 aromatic carbocycles. The van der Waals surface area contributed by atoms with Gasteiger partial charge >= 0.3 is 0 Å². The van der Waals surface area contributed by atoms with Gasteiger partial charge in [-0.1, -0.05) is 41.0 Å². The Morgan fingerprint density at radius 2 is 1.97 bits per heavy atom. The van der Waals surface area contributed by atoms with E-state index in [0.717, 1.165) is 22.3 Å². The third-order valence-electron chi connectivity index (χ3n) is 5.67. The fourth-order valence-electron chi connectivity index (χ4n) is 3.77. The smallest absolute Gasteiger partial charge is 0.276 e. The summed E-state index contributed by atoms with van der Waals surface area (Å²) < 4.78 is 29.6. The van der Waals surface area contributed by atoms with E-state index in [1.54, 1.807) is 29.2 Å². The molecule has 6 nitrogen and oxygen atoms in total. The first-order valence-corrected chi connectivity index (χ1v) is 12.2. The van der Waals surface area contributed by atoms with E-state index in [1.807, 2.05) is 38.1 Å². The number of benzene rings is 2. The van der Waals surface area contributed by atoms with Crippen molar-refractivity contribution in [1.29, 1.82) is 0 Å². The summed E-state index contributed by atoms with van der Waals surface area (Å²) in [6.07, 6.45) is 0.399. The summed E-state index contributed by atoms with van der Waals surface area (Å²) in [5.74, 6) is 0.152. The van der Waals surface area contributed by atoms with E-state index in [9.17, 15) is 13.2 Å². The van der Waals surface area contributed by atoms with Crippen molar-refractivity contribution in [2.75, 3.05) is 11.5 Å². The van der Waals surface area contributed by atoms with Crippen molar-refractivity contribution in [1.82, 2.24) is 10.1 Å². The maximum absolute atomic E-state index is 13.4. The van der Waals surface area contributed by atoms with Crippen LogP contribution in [0.2, 0.25) is 5.02 Å². The number of carbonyl (C=O) groups excluding carboxylic acids is 1. The molecule has 31 heavy (non-hydrogen) atoms. The number of hydrogen-bond acceptors (Lipinski definition) is 5. The Bertz CT molecular complexity index is 1240. The third-order valence-corrected chi connectivity index (χ3v) is 7.66. The lowest BCUT2D eigenvalue weighted by Gasteiger charge is -2.27. The molecule has 1 aliphatic rings. The van der Waals surface area contributed by atoms with Crippen LogP contribution < -0.4 is 0 Å². The summed E-state index contributed by atoms with van der Waals surface area (Å²) in [7, 11) is -3.17. The number of nitrogens with zero attached hydrogens (tertiary/aromatic N) is 2. The van der Waals surface area contributed by atoms with Gasteiger partial charge in [0.25, 0.3) is 5.91 Å². The SMILES string of the molecule is Cc1ccc(-c2cc(C(=O)N(Cc3cccc(Cl)c3)[C@H]3CCS(=O)(=O)C3)no2)cc1C. The van der Waals surface area contributed by atoms with Crippen molar-refractivity contribution in [2.45, 2.75) is 32.9 Å². The lowest BCUT2D eigenvalue weighted by molar-refractivity contribution is 0.0670. The molecule has 0 bridgehead atoms. The topological polar surface area (TPSA) is 80.5 Å². The van der Waals surface area contributed by atoms with Crippen molar-refractivity contribution in [3.63, 3.8) is 0 Å². The lowest BCUT2D eigenvalue weighted by Crippen LogP contribution is -2.40. The third kappa shape index (κ3) is 4.83. The molecule has 0 aliphatic carbocycles. The molecule has 8 heteroatoms. The Morgan fingerprint density at radius 3 is 2.65 bits per heavy atom. The normalized spacial score (nSPS) is 17.6. The average molecular weight is 459 g/mol. The zero-order valence-corrected chi connectivity index (χ0v) is 18.9. The molecule has 0 unspecified atom stereocenters. The first kappa shape index (κ1) is 21.6. The van der Waals surface area contributed by atoms with Gasteiger partial charge in [0.1, 0.15) is 0 Å². The second kappa shape index (κ2) is 8.48. The molecular weight excluding hydrogens is 436 g/mol. The zero-order chi connectivity index (χ0) is 22.2. The van der Waals surface area contributed by atoms with Crippen LogP contribution in [0.4, 0.5) is 0 Å². The van der Waals surface area contributed by atoms with Crippen molar-refractivity contribution in [3.05, 3.63) is 75.9 Å². The van der Waals surface area contributed by atoms with Crippen LogP contribution in [0.5, 0.6) is 0 Å². The minimum atomic E-state index is -3.17. The monoisotopic (exact) mass is 458 g/mol. The van der Waals surface area contributed by atoms with E-state index in [4.69, 9.17) is 16.1 Å². The highest BCUT2D eigenvalue weighted by molar-refractivity contribution is 7.91. The van der Waals surface area contributed by atoms with Crippen LogP contribution in [0.25, 0.3) is 11.3 Å².